The van der Waals surface area contributed by atoms with Gasteiger partial charge in [0.2, 0.25) is 5.91 Å². The number of rotatable bonds is 7. The van der Waals surface area contributed by atoms with Crippen LogP contribution < -0.4 is 5.32 Å². The van der Waals surface area contributed by atoms with Crippen molar-refractivity contribution >= 4 is 21.7 Å². The average molecular weight is 267 g/mol. The standard InChI is InChI=1S/C9H17NO6S/c1-6(4-16-3)17(14,15)5-8(9(12)13)10-7(2)11/h6,8H,4-5H2,1-3H3,(H,10,11)(H,12,13)/t6?,8-/m0/s1. The molecule has 0 aliphatic heterocycles. The van der Waals surface area contributed by atoms with E-state index in [-0.39, 0.29) is 6.61 Å². The number of hydrogen-bond acceptors (Lipinski definition) is 5. The molecular formula is C9H17NO6S. The average Bonchev–Trinajstić information content (AvgIpc) is 2.15. The van der Waals surface area contributed by atoms with E-state index in [2.05, 4.69) is 5.32 Å². The minimum absolute atomic E-state index is 0.0191. The molecular weight excluding hydrogens is 250 g/mol. The molecule has 2 atom stereocenters. The van der Waals surface area contributed by atoms with Gasteiger partial charge in [0.05, 0.1) is 17.6 Å². The molecule has 8 heteroatoms. The molecule has 0 aromatic rings. The van der Waals surface area contributed by atoms with Crippen molar-refractivity contribution < 1.29 is 27.9 Å². The van der Waals surface area contributed by atoms with Gasteiger partial charge in [-0.15, -0.1) is 0 Å². The lowest BCUT2D eigenvalue weighted by Crippen LogP contribution is -2.46. The molecule has 0 aromatic heterocycles. The Morgan fingerprint density at radius 2 is 1.94 bits per heavy atom. The van der Waals surface area contributed by atoms with Crippen molar-refractivity contribution in [3.05, 3.63) is 0 Å². The van der Waals surface area contributed by atoms with Crippen LogP contribution in [0.1, 0.15) is 13.8 Å². The van der Waals surface area contributed by atoms with Crippen molar-refractivity contribution in [1.29, 1.82) is 0 Å². The number of ether oxygens (including phenoxy) is 1. The van der Waals surface area contributed by atoms with E-state index in [0.717, 1.165) is 6.92 Å². The fraction of sp³-hybridized carbons (Fsp3) is 0.778. The van der Waals surface area contributed by atoms with Gasteiger partial charge in [0, 0.05) is 14.0 Å². The summed E-state index contributed by atoms with van der Waals surface area (Å²) in [6, 6.07) is -1.43. The van der Waals surface area contributed by atoms with Crippen molar-refractivity contribution in [2.45, 2.75) is 25.1 Å². The summed E-state index contributed by atoms with van der Waals surface area (Å²) in [6.07, 6.45) is 0. The summed E-state index contributed by atoms with van der Waals surface area (Å²) in [6.45, 7) is 2.53. The van der Waals surface area contributed by atoms with Crippen LogP contribution in [0.2, 0.25) is 0 Å². The molecule has 0 saturated carbocycles. The zero-order valence-corrected chi connectivity index (χ0v) is 10.8. The van der Waals surface area contributed by atoms with Crippen LogP contribution in [-0.4, -0.2) is 56.2 Å². The summed E-state index contributed by atoms with van der Waals surface area (Å²) in [7, 11) is -2.28. The Hall–Kier alpha value is -1.15. The molecule has 0 rings (SSSR count). The largest absolute Gasteiger partial charge is 0.480 e. The molecule has 0 aliphatic rings. The van der Waals surface area contributed by atoms with Crippen molar-refractivity contribution in [3.63, 3.8) is 0 Å². The lowest BCUT2D eigenvalue weighted by molar-refractivity contribution is -0.140. The monoisotopic (exact) mass is 267 g/mol. The van der Waals surface area contributed by atoms with Crippen LogP contribution >= 0.6 is 0 Å². The predicted octanol–water partition coefficient (Wildman–Crippen LogP) is -0.975. The maximum Gasteiger partial charge on any atom is 0.327 e. The smallest absolute Gasteiger partial charge is 0.327 e. The van der Waals surface area contributed by atoms with Crippen molar-refractivity contribution in [2.24, 2.45) is 0 Å². The first-order valence-electron chi connectivity index (χ1n) is 4.91. The van der Waals surface area contributed by atoms with Crippen LogP contribution in [0.5, 0.6) is 0 Å². The van der Waals surface area contributed by atoms with E-state index in [1.165, 1.54) is 14.0 Å². The molecule has 0 bridgehead atoms. The maximum atomic E-state index is 11.7. The number of sulfone groups is 1. The fourth-order valence-corrected chi connectivity index (χ4v) is 2.52. The van der Waals surface area contributed by atoms with Gasteiger partial charge < -0.3 is 15.2 Å². The maximum absolute atomic E-state index is 11.7. The molecule has 0 heterocycles. The van der Waals surface area contributed by atoms with Gasteiger partial charge in [0.25, 0.3) is 0 Å². The van der Waals surface area contributed by atoms with E-state index in [0.29, 0.717) is 0 Å². The second-order valence-electron chi connectivity index (χ2n) is 3.69. The third kappa shape index (κ3) is 5.64. The number of carboxylic acid groups (broad SMARTS) is 1. The van der Waals surface area contributed by atoms with Gasteiger partial charge in [-0.1, -0.05) is 0 Å². The van der Waals surface area contributed by atoms with E-state index in [9.17, 15) is 18.0 Å². The normalized spacial score (nSPS) is 15.0. The third-order valence-electron chi connectivity index (χ3n) is 2.09. The number of amides is 1. The van der Waals surface area contributed by atoms with E-state index in [4.69, 9.17) is 9.84 Å². The minimum Gasteiger partial charge on any atom is -0.480 e. The first-order valence-corrected chi connectivity index (χ1v) is 6.62. The van der Waals surface area contributed by atoms with Gasteiger partial charge in [-0.2, -0.15) is 0 Å². The molecule has 0 aliphatic carbocycles. The third-order valence-corrected chi connectivity index (χ3v) is 4.25. The molecule has 0 saturated heterocycles. The van der Waals surface area contributed by atoms with Crippen molar-refractivity contribution in [3.8, 4) is 0 Å². The Morgan fingerprint density at radius 1 is 1.41 bits per heavy atom. The van der Waals surface area contributed by atoms with E-state index < -0.39 is 38.8 Å². The van der Waals surface area contributed by atoms with Crippen LogP contribution in [0.25, 0.3) is 0 Å². The molecule has 1 unspecified atom stereocenters. The van der Waals surface area contributed by atoms with E-state index >= 15 is 0 Å². The van der Waals surface area contributed by atoms with Crippen molar-refractivity contribution in [1.82, 2.24) is 5.32 Å². The van der Waals surface area contributed by atoms with Crippen LogP contribution in [0, 0.1) is 0 Å². The van der Waals surface area contributed by atoms with Crippen LogP contribution in [-0.2, 0) is 24.2 Å². The van der Waals surface area contributed by atoms with Gasteiger partial charge >= 0.3 is 5.97 Å². The molecule has 0 radical (unpaired) electrons. The quantitative estimate of drug-likeness (QED) is 0.614. The highest BCUT2D eigenvalue weighted by atomic mass is 32.2. The molecule has 7 nitrogen and oxygen atoms in total. The number of aliphatic carboxylic acids is 1. The van der Waals surface area contributed by atoms with Gasteiger partial charge in [0.15, 0.2) is 9.84 Å². The van der Waals surface area contributed by atoms with Crippen LogP contribution in [0.3, 0.4) is 0 Å². The molecule has 1 amide bonds. The molecule has 17 heavy (non-hydrogen) atoms. The Balaban J connectivity index is 4.75. The van der Waals surface area contributed by atoms with Gasteiger partial charge in [-0.05, 0) is 6.92 Å². The first-order chi connectivity index (χ1) is 7.70. The Kier molecular flexibility index (Phi) is 6.11. The number of nitrogens with one attached hydrogen (secondary N) is 1. The summed E-state index contributed by atoms with van der Waals surface area (Å²) >= 11 is 0. The Labute approximate surface area is 100 Å². The summed E-state index contributed by atoms with van der Waals surface area (Å²) in [5, 5.41) is 10.0. The van der Waals surface area contributed by atoms with E-state index in [1.54, 1.807) is 0 Å². The highest BCUT2D eigenvalue weighted by molar-refractivity contribution is 7.92. The molecule has 100 valence electrons. The van der Waals surface area contributed by atoms with Gasteiger partial charge in [-0.3, -0.25) is 4.79 Å². The number of carboxylic acids is 1. The second-order valence-corrected chi connectivity index (χ2v) is 6.15. The fourth-order valence-electron chi connectivity index (χ4n) is 1.16. The van der Waals surface area contributed by atoms with Crippen molar-refractivity contribution in [2.75, 3.05) is 19.5 Å². The highest BCUT2D eigenvalue weighted by Gasteiger charge is 2.29. The zero-order valence-electron chi connectivity index (χ0n) is 9.97. The SMILES string of the molecule is COCC(C)S(=O)(=O)C[C@H](NC(C)=O)C(=O)O. The lowest BCUT2D eigenvalue weighted by atomic mass is 10.3. The summed E-state index contributed by atoms with van der Waals surface area (Å²) in [4.78, 5) is 21.5. The molecule has 2 N–H and O–H groups in total. The highest BCUT2D eigenvalue weighted by Crippen LogP contribution is 2.05. The lowest BCUT2D eigenvalue weighted by Gasteiger charge is -2.17. The minimum atomic E-state index is -3.63. The summed E-state index contributed by atoms with van der Waals surface area (Å²) in [5.74, 6) is -2.62. The molecule has 0 spiro atoms. The zero-order chi connectivity index (χ0) is 13.6. The Morgan fingerprint density at radius 3 is 2.29 bits per heavy atom. The van der Waals surface area contributed by atoms with Gasteiger partial charge in [-0.25, -0.2) is 13.2 Å². The number of methoxy groups -OCH3 is 1. The topological polar surface area (TPSA) is 110 Å². The number of carbonyl (C=O) groups excluding carboxylic acids is 1. The summed E-state index contributed by atoms with van der Waals surface area (Å²) < 4.78 is 28.1. The van der Waals surface area contributed by atoms with E-state index in [1.807, 2.05) is 0 Å². The van der Waals surface area contributed by atoms with Gasteiger partial charge in [0.1, 0.15) is 6.04 Å². The summed E-state index contributed by atoms with van der Waals surface area (Å²) in [5.41, 5.74) is 0. The Bertz CT molecular complexity index is 377. The molecule has 0 fully saturated rings. The van der Waals surface area contributed by atoms with Crippen LogP contribution in [0.15, 0.2) is 0 Å². The number of carbonyl (C=O) groups is 2. The molecule has 0 aromatic carbocycles. The van der Waals surface area contributed by atoms with Crippen LogP contribution in [0.4, 0.5) is 0 Å². The number of hydrogen-bond donors (Lipinski definition) is 2. The first kappa shape index (κ1) is 15.9. The second kappa shape index (κ2) is 6.55. The predicted molar refractivity (Wildman–Crippen MR) is 60.4 cm³/mol.